The van der Waals surface area contributed by atoms with E-state index in [1.165, 1.54) is 5.56 Å². The van der Waals surface area contributed by atoms with Crippen LogP contribution in [0.15, 0.2) is 24.3 Å². The van der Waals surface area contributed by atoms with E-state index in [-0.39, 0.29) is 5.88 Å². The van der Waals surface area contributed by atoms with E-state index in [4.69, 9.17) is 16.3 Å². The van der Waals surface area contributed by atoms with E-state index in [0.717, 1.165) is 5.56 Å². The molecule has 0 aromatic heterocycles. The molecule has 1 fully saturated rings. The lowest BCUT2D eigenvalue weighted by Crippen LogP contribution is -2.32. The number of alkyl carbamates (subject to hydrolysis) is 1. The number of amides is 1. The highest BCUT2D eigenvalue weighted by Crippen LogP contribution is 2.30. The molecule has 1 atom stereocenters. The van der Waals surface area contributed by atoms with E-state index in [1.807, 2.05) is 31.2 Å². The van der Waals surface area contributed by atoms with Gasteiger partial charge in [0.25, 0.3) is 0 Å². The Morgan fingerprint density at radius 1 is 1.47 bits per heavy atom. The average Bonchev–Trinajstić information content (AvgIpc) is 2.62. The molecule has 1 aliphatic rings. The number of hydrogen-bond acceptors (Lipinski definition) is 2. The molecule has 1 aromatic rings. The van der Waals surface area contributed by atoms with Gasteiger partial charge in [-0.3, -0.25) is 0 Å². The molecule has 0 bridgehead atoms. The summed E-state index contributed by atoms with van der Waals surface area (Å²) in [5.41, 5.74) is 1.40. The number of cyclic esters (lactones) is 1. The molecule has 15 heavy (non-hydrogen) atoms. The summed E-state index contributed by atoms with van der Waals surface area (Å²) in [7, 11) is 0. The van der Waals surface area contributed by atoms with Crippen LogP contribution in [-0.2, 0) is 10.3 Å². The van der Waals surface area contributed by atoms with E-state index in [0.29, 0.717) is 6.54 Å². The van der Waals surface area contributed by atoms with Gasteiger partial charge in [0.2, 0.25) is 0 Å². The van der Waals surface area contributed by atoms with Crippen LogP contribution in [0.1, 0.15) is 11.1 Å². The second kappa shape index (κ2) is 3.74. The number of carbonyl (C=O) groups is 1. The Kier molecular flexibility index (Phi) is 2.57. The van der Waals surface area contributed by atoms with Crippen molar-refractivity contribution < 1.29 is 9.53 Å². The summed E-state index contributed by atoms with van der Waals surface area (Å²) in [6.45, 7) is 2.44. The molecule has 3 nitrogen and oxygen atoms in total. The number of carbonyl (C=O) groups excluding carboxylic acids is 1. The number of rotatable bonds is 2. The lowest BCUT2D eigenvalue weighted by atomic mass is 9.95. The maximum Gasteiger partial charge on any atom is 0.408 e. The first-order valence-electron chi connectivity index (χ1n) is 4.76. The van der Waals surface area contributed by atoms with Gasteiger partial charge in [0.15, 0.2) is 5.60 Å². The van der Waals surface area contributed by atoms with Crippen molar-refractivity contribution in [2.24, 2.45) is 0 Å². The second-order valence-corrected chi connectivity index (χ2v) is 4.00. The van der Waals surface area contributed by atoms with Gasteiger partial charge in [-0.1, -0.05) is 29.8 Å². The van der Waals surface area contributed by atoms with Crippen LogP contribution in [0.2, 0.25) is 0 Å². The Balaban J connectivity index is 2.34. The number of aryl methyl sites for hydroxylation is 1. The molecule has 1 aliphatic heterocycles. The van der Waals surface area contributed by atoms with Crippen LogP contribution in [0.25, 0.3) is 0 Å². The zero-order valence-electron chi connectivity index (χ0n) is 8.42. The summed E-state index contributed by atoms with van der Waals surface area (Å²) in [5.74, 6) is 0.259. The van der Waals surface area contributed by atoms with E-state index in [9.17, 15) is 4.79 Å². The highest BCUT2D eigenvalue weighted by Gasteiger charge is 2.41. The summed E-state index contributed by atoms with van der Waals surface area (Å²) in [6.07, 6.45) is -0.406. The molecule has 0 saturated carbocycles. The number of alkyl halides is 1. The lowest BCUT2D eigenvalue weighted by Gasteiger charge is -2.24. The summed E-state index contributed by atoms with van der Waals surface area (Å²) in [6, 6.07) is 7.85. The number of hydrogen-bond donors (Lipinski definition) is 1. The predicted molar refractivity (Wildman–Crippen MR) is 58.1 cm³/mol. The Morgan fingerprint density at radius 3 is 2.60 bits per heavy atom. The fourth-order valence-corrected chi connectivity index (χ4v) is 1.94. The largest absolute Gasteiger partial charge is 0.435 e. The van der Waals surface area contributed by atoms with E-state index in [1.54, 1.807) is 0 Å². The third-order valence-electron chi connectivity index (χ3n) is 2.60. The molecule has 1 aromatic carbocycles. The molecule has 2 rings (SSSR count). The molecular weight excluding hydrogens is 214 g/mol. The van der Waals surface area contributed by atoms with Crippen molar-refractivity contribution in [3.8, 4) is 0 Å². The molecule has 1 amide bonds. The quantitative estimate of drug-likeness (QED) is 0.784. The van der Waals surface area contributed by atoms with Crippen molar-refractivity contribution >= 4 is 17.7 Å². The maximum absolute atomic E-state index is 11.1. The first-order valence-corrected chi connectivity index (χ1v) is 5.30. The van der Waals surface area contributed by atoms with Crippen molar-refractivity contribution in [2.45, 2.75) is 12.5 Å². The molecule has 1 N–H and O–H groups in total. The number of benzene rings is 1. The normalized spacial score (nSPS) is 24.8. The third kappa shape index (κ3) is 1.79. The number of halogens is 1. The molecule has 4 heteroatoms. The minimum Gasteiger partial charge on any atom is -0.435 e. The topological polar surface area (TPSA) is 38.3 Å². The van der Waals surface area contributed by atoms with Crippen LogP contribution in [0, 0.1) is 6.92 Å². The molecule has 1 heterocycles. The van der Waals surface area contributed by atoms with Gasteiger partial charge in [-0.2, -0.15) is 0 Å². The van der Waals surface area contributed by atoms with Crippen molar-refractivity contribution in [3.05, 3.63) is 35.4 Å². The highest BCUT2D eigenvalue weighted by atomic mass is 35.5. The summed E-state index contributed by atoms with van der Waals surface area (Å²) >= 11 is 5.89. The molecule has 0 radical (unpaired) electrons. The summed E-state index contributed by atoms with van der Waals surface area (Å²) < 4.78 is 5.24. The fourth-order valence-electron chi connectivity index (χ4n) is 1.63. The van der Waals surface area contributed by atoms with Crippen molar-refractivity contribution in [2.75, 3.05) is 12.4 Å². The van der Waals surface area contributed by atoms with Crippen molar-refractivity contribution in [3.63, 3.8) is 0 Å². The summed E-state index contributed by atoms with van der Waals surface area (Å²) in [4.78, 5) is 11.1. The summed E-state index contributed by atoms with van der Waals surface area (Å²) in [5, 5.41) is 2.63. The van der Waals surface area contributed by atoms with Crippen LogP contribution in [-0.4, -0.2) is 18.5 Å². The van der Waals surface area contributed by atoms with Gasteiger partial charge in [0, 0.05) is 0 Å². The van der Waals surface area contributed by atoms with Crippen molar-refractivity contribution in [1.82, 2.24) is 5.32 Å². The zero-order valence-corrected chi connectivity index (χ0v) is 9.17. The standard InChI is InChI=1S/C11H12ClNO2/c1-8-2-4-9(5-3-8)11(6-12)7-13-10(14)15-11/h2-5H,6-7H2,1H3,(H,13,14)/t11-/m0/s1. The lowest BCUT2D eigenvalue weighted by molar-refractivity contribution is 0.0732. The highest BCUT2D eigenvalue weighted by molar-refractivity contribution is 6.18. The minimum atomic E-state index is -0.702. The van der Waals surface area contributed by atoms with Gasteiger partial charge >= 0.3 is 6.09 Å². The Bertz CT molecular complexity index is 377. The van der Waals surface area contributed by atoms with Crippen LogP contribution in [0.3, 0.4) is 0 Å². The first kappa shape index (κ1) is 10.3. The van der Waals surface area contributed by atoms with Gasteiger partial charge < -0.3 is 10.1 Å². The molecule has 1 saturated heterocycles. The molecule has 0 spiro atoms. The van der Waals surface area contributed by atoms with Crippen molar-refractivity contribution in [1.29, 1.82) is 0 Å². The Morgan fingerprint density at radius 2 is 2.13 bits per heavy atom. The maximum atomic E-state index is 11.1. The number of nitrogens with one attached hydrogen (secondary N) is 1. The molecule has 0 unspecified atom stereocenters. The molecule has 0 aliphatic carbocycles. The zero-order chi connectivity index (χ0) is 10.9. The SMILES string of the molecule is Cc1ccc([C@]2(CCl)CNC(=O)O2)cc1. The average molecular weight is 226 g/mol. The van der Waals surface area contributed by atoms with Crippen LogP contribution in [0.4, 0.5) is 4.79 Å². The second-order valence-electron chi connectivity index (χ2n) is 3.74. The van der Waals surface area contributed by atoms with Gasteiger partial charge in [-0.15, -0.1) is 11.6 Å². The third-order valence-corrected chi connectivity index (χ3v) is 3.03. The van der Waals surface area contributed by atoms with Crippen LogP contribution >= 0.6 is 11.6 Å². The number of ether oxygens (including phenoxy) is 1. The Hall–Kier alpha value is -1.22. The molecular formula is C11H12ClNO2. The van der Waals surface area contributed by atoms with Gasteiger partial charge in [0.05, 0.1) is 12.4 Å². The smallest absolute Gasteiger partial charge is 0.408 e. The predicted octanol–water partition coefficient (Wildman–Crippen LogP) is 2.17. The van der Waals surface area contributed by atoms with Crippen LogP contribution in [0.5, 0.6) is 0 Å². The van der Waals surface area contributed by atoms with E-state index in [2.05, 4.69) is 5.32 Å². The van der Waals surface area contributed by atoms with Gasteiger partial charge in [-0.25, -0.2) is 4.79 Å². The Labute approximate surface area is 93.4 Å². The van der Waals surface area contributed by atoms with E-state index >= 15 is 0 Å². The minimum absolute atomic E-state index is 0.259. The van der Waals surface area contributed by atoms with E-state index < -0.39 is 11.7 Å². The monoisotopic (exact) mass is 225 g/mol. The van der Waals surface area contributed by atoms with Gasteiger partial charge in [0.1, 0.15) is 0 Å². The molecule has 80 valence electrons. The first-order chi connectivity index (χ1) is 7.16. The van der Waals surface area contributed by atoms with Crippen LogP contribution < -0.4 is 5.32 Å². The fraction of sp³-hybridized carbons (Fsp3) is 0.364. The van der Waals surface area contributed by atoms with Gasteiger partial charge in [-0.05, 0) is 12.5 Å².